The predicted molar refractivity (Wildman–Crippen MR) is 82.3 cm³/mol. The van der Waals surface area contributed by atoms with E-state index in [4.69, 9.17) is 0 Å². The summed E-state index contributed by atoms with van der Waals surface area (Å²) in [5.74, 6) is 0.0122. The van der Waals surface area contributed by atoms with Crippen LogP contribution in [0.2, 0.25) is 0 Å². The number of carbonyl (C=O) groups is 1. The molecule has 1 saturated heterocycles. The minimum atomic E-state index is 0.0122. The molecule has 1 aromatic heterocycles. The molecule has 0 spiro atoms. The third-order valence-electron chi connectivity index (χ3n) is 3.23. The summed E-state index contributed by atoms with van der Waals surface area (Å²) < 4.78 is 1.89. The molecule has 1 aliphatic rings. The maximum Gasteiger partial charge on any atom is 0.261 e. The normalized spacial score (nSPS) is 23.9. The van der Waals surface area contributed by atoms with Gasteiger partial charge in [0, 0.05) is 17.6 Å². The van der Waals surface area contributed by atoms with Gasteiger partial charge < -0.3 is 10.6 Å². The number of carbonyl (C=O) groups excluding carboxylic acids is 1. The molecule has 2 rings (SSSR count). The first-order valence-electron chi connectivity index (χ1n) is 5.94. The first-order chi connectivity index (χ1) is 8.50. The highest BCUT2D eigenvalue weighted by atomic mass is 79.9. The molecule has 1 atom stereocenters. The van der Waals surface area contributed by atoms with Gasteiger partial charge in [0.1, 0.15) is 0 Å². The van der Waals surface area contributed by atoms with E-state index in [9.17, 15) is 4.79 Å². The summed E-state index contributed by atoms with van der Waals surface area (Å²) in [6.07, 6.45) is 2.35. The molecule has 0 bridgehead atoms. The molecular weight excluding hydrogens is 380 g/mol. The Labute approximate surface area is 128 Å². The van der Waals surface area contributed by atoms with E-state index in [-0.39, 0.29) is 11.3 Å². The van der Waals surface area contributed by atoms with Gasteiger partial charge in [-0.05, 0) is 62.7 Å². The van der Waals surface area contributed by atoms with E-state index < -0.39 is 0 Å². The molecule has 0 aromatic carbocycles. The van der Waals surface area contributed by atoms with Crippen molar-refractivity contribution in [3.63, 3.8) is 0 Å². The molecule has 0 aliphatic carbocycles. The second-order valence-corrected chi connectivity index (χ2v) is 8.23. The zero-order valence-electron chi connectivity index (χ0n) is 10.2. The fourth-order valence-electron chi connectivity index (χ4n) is 2.11. The zero-order chi connectivity index (χ0) is 13.2. The van der Waals surface area contributed by atoms with Gasteiger partial charge in [0.2, 0.25) is 0 Å². The lowest BCUT2D eigenvalue weighted by molar-refractivity contribution is 0.0928. The monoisotopic (exact) mass is 394 g/mol. The third-order valence-corrected chi connectivity index (χ3v) is 6.49. The second-order valence-electron chi connectivity index (χ2n) is 5.01. The van der Waals surface area contributed by atoms with Gasteiger partial charge in [-0.1, -0.05) is 6.92 Å². The quantitative estimate of drug-likeness (QED) is 0.823. The first kappa shape index (κ1) is 14.5. The van der Waals surface area contributed by atoms with Crippen LogP contribution in [-0.2, 0) is 0 Å². The highest BCUT2D eigenvalue weighted by Crippen LogP contribution is 2.32. The van der Waals surface area contributed by atoms with E-state index in [1.165, 1.54) is 17.8 Å². The maximum atomic E-state index is 12.0. The standard InChI is InChI=1S/C12H16Br2N2OS/c1-12(3-2-4-15-6-12)7-16-11(17)9-5-8(13)10(14)18-9/h5,15H,2-4,6-7H2,1H3,(H,16,17). The minimum Gasteiger partial charge on any atom is -0.351 e. The van der Waals surface area contributed by atoms with Gasteiger partial charge >= 0.3 is 0 Å². The first-order valence-corrected chi connectivity index (χ1v) is 8.34. The number of hydrogen-bond acceptors (Lipinski definition) is 3. The van der Waals surface area contributed by atoms with E-state index in [0.29, 0.717) is 0 Å². The molecule has 1 amide bonds. The lowest BCUT2D eigenvalue weighted by atomic mass is 9.83. The van der Waals surface area contributed by atoms with Gasteiger partial charge in [-0.15, -0.1) is 11.3 Å². The van der Waals surface area contributed by atoms with Gasteiger partial charge in [0.15, 0.2) is 0 Å². The predicted octanol–water partition coefficient (Wildman–Crippen LogP) is 3.39. The summed E-state index contributed by atoms with van der Waals surface area (Å²) in [4.78, 5) is 12.8. The van der Waals surface area contributed by atoms with Crippen LogP contribution >= 0.6 is 43.2 Å². The average Bonchev–Trinajstić information content (AvgIpc) is 2.68. The van der Waals surface area contributed by atoms with Crippen LogP contribution in [0.1, 0.15) is 29.4 Å². The molecule has 2 N–H and O–H groups in total. The van der Waals surface area contributed by atoms with Crippen LogP contribution in [0.5, 0.6) is 0 Å². The van der Waals surface area contributed by atoms with Crippen molar-refractivity contribution in [3.8, 4) is 0 Å². The smallest absolute Gasteiger partial charge is 0.261 e. The molecule has 2 heterocycles. The fourth-order valence-corrected chi connectivity index (χ4v) is 4.06. The summed E-state index contributed by atoms with van der Waals surface area (Å²) in [6, 6.07) is 1.85. The Balaban J connectivity index is 1.91. The van der Waals surface area contributed by atoms with Gasteiger partial charge in [0.05, 0.1) is 8.66 Å². The van der Waals surface area contributed by atoms with E-state index in [1.807, 2.05) is 6.07 Å². The molecule has 0 radical (unpaired) electrons. The van der Waals surface area contributed by atoms with Crippen LogP contribution in [0.15, 0.2) is 14.3 Å². The molecule has 1 unspecified atom stereocenters. The van der Waals surface area contributed by atoms with E-state index in [2.05, 4.69) is 49.4 Å². The summed E-state index contributed by atoms with van der Waals surface area (Å²) in [5, 5.41) is 6.43. The number of piperidine rings is 1. The van der Waals surface area contributed by atoms with Crippen LogP contribution in [0.3, 0.4) is 0 Å². The SMILES string of the molecule is CC1(CNC(=O)c2cc(Br)c(Br)s2)CCCNC1. The Bertz CT molecular complexity index is 422. The van der Waals surface area contributed by atoms with Crippen molar-refractivity contribution in [2.45, 2.75) is 19.8 Å². The Morgan fingerprint density at radius 3 is 2.94 bits per heavy atom. The Kier molecular flexibility index (Phi) is 4.86. The van der Waals surface area contributed by atoms with Crippen molar-refractivity contribution in [2.75, 3.05) is 19.6 Å². The molecule has 18 heavy (non-hydrogen) atoms. The maximum absolute atomic E-state index is 12.0. The summed E-state index contributed by atoms with van der Waals surface area (Å²) >= 11 is 8.25. The molecule has 6 heteroatoms. The summed E-state index contributed by atoms with van der Waals surface area (Å²) in [5.41, 5.74) is 0.180. The number of amides is 1. The van der Waals surface area contributed by atoms with Crippen LogP contribution in [-0.4, -0.2) is 25.5 Å². The van der Waals surface area contributed by atoms with Gasteiger partial charge in [-0.2, -0.15) is 0 Å². The second kappa shape index (κ2) is 6.03. The van der Waals surface area contributed by atoms with E-state index in [1.54, 1.807) is 0 Å². The van der Waals surface area contributed by atoms with Crippen molar-refractivity contribution in [1.82, 2.24) is 10.6 Å². The average molecular weight is 396 g/mol. The van der Waals surface area contributed by atoms with Crippen molar-refractivity contribution in [3.05, 3.63) is 19.2 Å². The van der Waals surface area contributed by atoms with Crippen molar-refractivity contribution < 1.29 is 4.79 Å². The van der Waals surface area contributed by atoms with Gasteiger partial charge in [-0.3, -0.25) is 4.79 Å². The van der Waals surface area contributed by atoms with Crippen LogP contribution < -0.4 is 10.6 Å². The van der Waals surface area contributed by atoms with Gasteiger partial charge in [-0.25, -0.2) is 0 Å². The van der Waals surface area contributed by atoms with Crippen molar-refractivity contribution in [1.29, 1.82) is 0 Å². The molecule has 1 aliphatic heterocycles. The van der Waals surface area contributed by atoms with Crippen molar-refractivity contribution in [2.24, 2.45) is 5.41 Å². The Hall–Kier alpha value is 0.0900. The fraction of sp³-hybridized carbons (Fsp3) is 0.583. The number of nitrogens with one attached hydrogen (secondary N) is 2. The van der Waals surface area contributed by atoms with Crippen LogP contribution in [0, 0.1) is 5.41 Å². The van der Waals surface area contributed by atoms with Crippen LogP contribution in [0.4, 0.5) is 0 Å². The molecule has 3 nitrogen and oxygen atoms in total. The molecule has 100 valence electrons. The third kappa shape index (κ3) is 3.56. The lowest BCUT2D eigenvalue weighted by Gasteiger charge is -2.34. The Morgan fingerprint density at radius 2 is 2.39 bits per heavy atom. The van der Waals surface area contributed by atoms with Crippen molar-refractivity contribution >= 4 is 49.1 Å². The molecule has 0 saturated carbocycles. The largest absolute Gasteiger partial charge is 0.351 e. The number of halogens is 2. The Morgan fingerprint density at radius 1 is 1.61 bits per heavy atom. The highest BCUT2D eigenvalue weighted by Gasteiger charge is 2.27. The van der Waals surface area contributed by atoms with Crippen LogP contribution in [0.25, 0.3) is 0 Å². The van der Waals surface area contributed by atoms with E-state index >= 15 is 0 Å². The zero-order valence-corrected chi connectivity index (χ0v) is 14.2. The molecule has 1 aromatic rings. The number of rotatable bonds is 3. The number of hydrogen-bond donors (Lipinski definition) is 2. The topological polar surface area (TPSA) is 41.1 Å². The van der Waals surface area contributed by atoms with E-state index in [0.717, 1.165) is 39.2 Å². The highest BCUT2D eigenvalue weighted by molar-refractivity contribution is 9.13. The lowest BCUT2D eigenvalue weighted by Crippen LogP contribution is -2.45. The minimum absolute atomic E-state index is 0.0122. The number of thiophene rings is 1. The molecular formula is C12H16Br2N2OS. The summed E-state index contributed by atoms with van der Waals surface area (Å²) in [6.45, 7) is 5.02. The molecule has 1 fully saturated rings. The summed E-state index contributed by atoms with van der Waals surface area (Å²) in [7, 11) is 0. The van der Waals surface area contributed by atoms with Gasteiger partial charge in [0.25, 0.3) is 5.91 Å².